The molecule has 0 amide bonds. The number of carbonyl (C=O) groups excluding carboxylic acids is 4. The predicted octanol–water partition coefficient (Wildman–Crippen LogP) is 0.519. The molecule has 16 nitrogen and oxygen atoms in total. The summed E-state index contributed by atoms with van der Waals surface area (Å²) in [5, 5.41) is 5.34. The molecule has 0 bridgehead atoms. The lowest BCUT2D eigenvalue weighted by atomic mass is 10.1. The highest BCUT2D eigenvalue weighted by Gasteiger charge is 2.40. The van der Waals surface area contributed by atoms with Gasteiger partial charge in [0.25, 0.3) is 5.56 Å². The first-order valence-electron chi connectivity index (χ1n) is 15.4. The maximum atomic E-state index is 13.1. The number of ether oxygens (including phenoxy) is 4. The second-order valence-corrected chi connectivity index (χ2v) is 10.9. The van der Waals surface area contributed by atoms with Crippen LogP contribution in [0.15, 0.2) is 21.7 Å². The van der Waals surface area contributed by atoms with Gasteiger partial charge in [-0.25, -0.2) is 9.78 Å². The van der Waals surface area contributed by atoms with Gasteiger partial charge in [0.15, 0.2) is 29.8 Å². The standard InChI is InChI=1S/C31H42N6O10/c1-7-9-23(38)45-21(28(47-26(41)14-33-6)22(46-24(39)10-8-2)16-44-25(40)13-32-5)15-37-20-12-18(4)17(3)11-19(20)34-27-29(37)35-31(43)36-30(27)42/h11-12,21-22,28,32-33H,7-10,13-16H2,1-6H3,(H,36,42,43). The van der Waals surface area contributed by atoms with Crippen molar-refractivity contribution in [2.75, 3.05) is 33.8 Å². The number of likely N-dealkylation sites (N-methyl/N-ethyl adjacent to an activating group) is 2. The Labute approximate surface area is 270 Å². The fraction of sp³-hybridized carbons (Fsp3) is 0.548. The maximum Gasteiger partial charge on any atom is 0.349 e. The summed E-state index contributed by atoms with van der Waals surface area (Å²) in [6.45, 7) is 5.96. The van der Waals surface area contributed by atoms with Gasteiger partial charge >= 0.3 is 29.6 Å². The molecule has 0 radical (unpaired) electrons. The Balaban J connectivity index is 2.28. The molecular formula is C31H42N6O10. The van der Waals surface area contributed by atoms with Crippen LogP contribution in [0.1, 0.15) is 50.7 Å². The van der Waals surface area contributed by atoms with Gasteiger partial charge < -0.3 is 34.1 Å². The highest BCUT2D eigenvalue weighted by molar-refractivity contribution is 5.81. The van der Waals surface area contributed by atoms with Gasteiger partial charge in [-0.3, -0.25) is 29.0 Å². The summed E-state index contributed by atoms with van der Waals surface area (Å²) in [4.78, 5) is 87.1. The summed E-state index contributed by atoms with van der Waals surface area (Å²) in [5.74, 6) is -2.92. The van der Waals surface area contributed by atoms with Crippen molar-refractivity contribution >= 4 is 34.9 Å². The van der Waals surface area contributed by atoms with Crippen LogP contribution in [-0.4, -0.2) is 95.5 Å². The van der Waals surface area contributed by atoms with Crippen LogP contribution in [0.2, 0.25) is 0 Å². The number of carbonyl (C=O) groups is 4. The third-order valence-corrected chi connectivity index (χ3v) is 7.11. The molecule has 2 aliphatic rings. The summed E-state index contributed by atoms with van der Waals surface area (Å²) in [5.41, 5.74) is 0.648. The van der Waals surface area contributed by atoms with E-state index in [9.17, 15) is 28.8 Å². The minimum Gasteiger partial charge on any atom is -0.461 e. The van der Waals surface area contributed by atoms with Gasteiger partial charge in [0, 0.05) is 12.8 Å². The van der Waals surface area contributed by atoms with E-state index >= 15 is 0 Å². The average molecular weight is 659 g/mol. The summed E-state index contributed by atoms with van der Waals surface area (Å²) in [7, 11) is 3.06. The number of hydrogen-bond donors (Lipinski definition) is 3. The van der Waals surface area contributed by atoms with Crippen LogP contribution in [0, 0.1) is 13.8 Å². The maximum absolute atomic E-state index is 13.1. The van der Waals surface area contributed by atoms with Crippen molar-refractivity contribution in [3.05, 3.63) is 44.1 Å². The van der Waals surface area contributed by atoms with Gasteiger partial charge in [-0.15, -0.1) is 0 Å². The molecule has 3 N–H and O–H groups in total. The summed E-state index contributed by atoms with van der Waals surface area (Å²) in [6, 6.07) is 3.53. The quantitative estimate of drug-likeness (QED) is 0.103. The third kappa shape index (κ3) is 9.89. The molecule has 3 atom stereocenters. The van der Waals surface area contributed by atoms with Crippen LogP contribution in [0.25, 0.3) is 22.6 Å². The number of H-pyrrole nitrogens is 1. The Morgan fingerprint density at radius 3 is 2.04 bits per heavy atom. The molecule has 2 aliphatic heterocycles. The van der Waals surface area contributed by atoms with Crippen LogP contribution in [0.3, 0.4) is 0 Å². The minimum atomic E-state index is -1.52. The summed E-state index contributed by atoms with van der Waals surface area (Å²) >= 11 is 0. The van der Waals surface area contributed by atoms with Crippen molar-refractivity contribution < 1.29 is 38.1 Å². The van der Waals surface area contributed by atoms with Crippen molar-refractivity contribution in [2.45, 2.75) is 78.2 Å². The number of nitrogens with zero attached hydrogens (tertiary/aromatic N) is 3. The number of hydrogen-bond acceptors (Lipinski definition) is 14. The van der Waals surface area contributed by atoms with Crippen LogP contribution in [-0.2, 0) is 44.7 Å². The van der Waals surface area contributed by atoms with E-state index < -0.39 is 60.0 Å². The number of esters is 4. The molecule has 3 rings (SSSR count). The first-order valence-corrected chi connectivity index (χ1v) is 15.4. The first kappa shape index (κ1) is 36.8. The Morgan fingerprint density at radius 2 is 1.43 bits per heavy atom. The minimum absolute atomic E-state index is 0.00438. The number of aryl methyl sites for hydroxylation is 2. The first-order chi connectivity index (χ1) is 22.4. The molecule has 16 heteroatoms. The van der Waals surface area contributed by atoms with E-state index in [0.29, 0.717) is 23.9 Å². The molecule has 0 aliphatic carbocycles. The lowest BCUT2D eigenvalue weighted by Gasteiger charge is -2.33. The topological polar surface area (TPSA) is 210 Å². The molecule has 0 fully saturated rings. The lowest BCUT2D eigenvalue weighted by Crippen LogP contribution is -2.50. The molecule has 2 heterocycles. The number of benzene rings is 1. The van der Waals surface area contributed by atoms with Gasteiger partial charge in [0.05, 0.1) is 30.7 Å². The van der Waals surface area contributed by atoms with Gasteiger partial charge in [0.2, 0.25) is 0 Å². The van der Waals surface area contributed by atoms with Gasteiger partial charge in [0.1, 0.15) is 6.61 Å². The largest absolute Gasteiger partial charge is 0.461 e. The van der Waals surface area contributed by atoms with Crippen molar-refractivity contribution in [3.63, 3.8) is 0 Å². The summed E-state index contributed by atoms with van der Waals surface area (Å²) in [6.07, 6.45) is -3.50. The Morgan fingerprint density at radius 1 is 0.830 bits per heavy atom. The third-order valence-electron chi connectivity index (χ3n) is 7.11. The van der Waals surface area contributed by atoms with Crippen LogP contribution >= 0.6 is 0 Å². The van der Waals surface area contributed by atoms with E-state index in [1.54, 1.807) is 33.0 Å². The van der Waals surface area contributed by atoms with E-state index in [4.69, 9.17) is 18.9 Å². The van der Waals surface area contributed by atoms with E-state index in [1.165, 1.54) is 11.6 Å². The number of aromatic nitrogens is 4. The Bertz CT molecular complexity index is 1670. The highest BCUT2D eigenvalue weighted by atomic mass is 16.6. The Kier molecular flexibility index (Phi) is 13.5. The fourth-order valence-corrected chi connectivity index (χ4v) is 4.78. The van der Waals surface area contributed by atoms with Crippen molar-refractivity contribution in [1.29, 1.82) is 0 Å². The van der Waals surface area contributed by atoms with Gasteiger partial charge in [-0.2, -0.15) is 4.98 Å². The monoisotopic (exact) mass is 658 g/mol. The zero-order valence-electron chi connectivity index (χ0n) is 27.5. The van der Waals surface area contributed by atoms with E-state index in [1.807, 2.05) is 13.8 Å². The van der Waals surface area contributed by atoms with Crippen LogP contribution in [0.5, 0.6) is 0 Å². The fourth-order valence-electron chi connectivity index (χ4n) is 4.78. The number of rotatable bonds is 17. The number of nitrogens with one attached hydrogen (secondary N) is 3. The molecule has 0 saturated carbocycles. The van der Waals surface area contributed by atoms with E-state index in [0.717, 1.165) is 11.1 Å². The highest BCUT2D eigenvalue weighted by Crippen LogP contribution is 2.26. The predicted molar refractivity (Wildman–Crippen MR) is 169 cm³/mol. The lowest BCUT2D eigenvalue weighted by molar-refractivity contribution is -0.192. The summed E-state index contributed by atoms with van der Waals surface area (Å²) < 4.78 is 24.3. The second-order valence-electron chi connectivity index (χ2n) is 10.9. The second kappa shape index (κ2) is 17.3. The number of aromatic amines is 1. The SMILES string of the molecule is CCCC(=O)OC(COC(=O)CNC)C(OC(=O)CNC)C(Cn1c2nc(=O)[nH]c(=O)c-2nc2cc(C)c(C)cc21)OC(=O)CCC. The smallest absolute Gasteiger partial charge is 0.349 e. The van der Waals surface area contributed by atoms with Crippen LogP contribution < -0.4 is 21.9 Å². The molecule has 0 saturated heterocycles. The number of fused-ring (bicyclic) bond motifs is 2. The zero-order valence-corrected chi connectivity index (χ0v) is 27.5. The molecule has 0 aromatic heterocycles. The van der Waals surface area contributed by atoms with Crippen molar-refractivity contribution in [3.8, 4) is 11.5 Å². The van der Waals surface area contributed by atoms with Gasteiger partial charge in [-0.05, 0) is 64.0 Å². The molecular weight excluding hydrogens is 616 g/mol. The van der Waals surface area contributed by atoms with Gasteiger partial charge in [-0.1, -0.05) is 13.8 Å². The molecule has 1 aromatic rings. The van der Waals surface area contributed by atoms with Crippen molar-refractivity contribution in [2.24, 2.45) is 0 Å². The van der Waals surface area contributed by atoms with E-state index in [2.05, 4.69) is 25.6 Å². The van der Waals surface area contributed by atoms with Crippen molar-refractivity contribution in [1.82, 2.24) is 30.2 Å². The normalized spacial score (nSPS) is 13.1. The molecule has 1 aromatic carbocycles. The van der Waals surface area contributed by atoms with Crippen LogP contribution in [0.4, 0.5) is 0 Å². The molecule has 3 unspecified atom stereocenters. The molecule has 256 valence electrons. The molecule has 47 heavy (non-hydrogen) atoms. The van der Waals surface area contributed by atoms with E-state index in [-0.39, 0.29) is 44.0 Å². The average Bonchev–Trinajstić information content (AvgIpc) is 2.99. The zero-order chi connectivity index (χ0) is 34.7. The Hall–Kier alpha value is -4.70. The molecule has 0 spiro atoms.